The van der Waals surface area contributed by atoms with E-state index in [9.17, 15) is 8.42 Å². The average molecular weight is 312 g/mol. The lowest BCUT2D eigenvalue weighted by Crippen LogP contribution is -2.44. The van der Waals surface area contributed by atoms with Crippen LogP contribution in [-0.4, -0.2) is 37.0 Å². The van der Waals surface area contributed by atoms with Crippen molar-refractivity contribution in [2.45, 2.75) is 49.6 Å². The predicted molar refractivity (Wildman–Crippen MR) is 82.3 cm³/mol. The highest BCUT2D eigenvalue weighted by atomic mass is 32.2. The van der Waals surface area contributed by atoms with E-state index < -0.39 is 10.0 Å². The third-order valence-corrected chi connectivity index (χ3v) is 5.96. The molecular weight excluding hydrogens is 288 g/mol. The molecule has 0 saturated heterocycles. The van der Waals surface area contributed by atoms with Gasteiger partial charge in [0.05, 0.1) is 4.90 Å². The van der Waals surface area contributed by atoms with Crippen LogP contribution in [0.2, 0.25) is 0 Å². The van der Waals surface area contributed by atoms with Gasteiger partial charge in [-0.25, -0.2) is 8.42 Å². The van der Waals surface area contributed by atoms with Crippen LogP contribution >= 0.6 is 0 Å². The van der Waals surface area contributed by atoms with E-state index in [1.165, 1.54) is 0 Å². The number of nitrogens with zero attached hydrogens (tertiary/aromatic N) is 1. The van der Waals surface area contributed by atoms with Crippen molar-refractivity contribution in [2.75, 3.05) is 13.2 Å². The van der Waals surface area contributed by atoms with Crippen LogP contribution in [0.4, 0.5) is 0 Å². The lowest BCUT2D eigenvalue weighted by atomic mass is 9.93. The van der Waals surface area contributed by atoms with Gasteiger partial charge in [-0.1, -0.05) is 18.6 Å². The fourth-order valence-corrected chi connectivity index (χ4v) is 4.27. The molecule has 1 saturated carbocycles. The lowest BCUT2D eigenvalue weighted by molar-refractivity contribution is 0.198. The Morgan fingerprint density at radius 1 is 1.43 bits per heavy atom. The van der Waals surface area contributed by atoms with Crippen LogP contribution in [0.5, 0.6) is 0 Å². The first-order valence-corrected chi connectivity index (χ1v) is 8.89. The summed E-state index contributed by atoms with van der Waals surface area (Å²) in [5, 5.41) is 9.00. The van der Waals surface area contributed by atoms with Crippen molar-refractivity contribution >= 4 is 10.0 Å². The van der Waals surface area contributed by atoms with E-state index in [1.807, 2.05) is 13.0 Å². The van der Waals surface area contributed by atoms with Crippen LogP contribution in [0.15, 0.2) is 29.2 Å². The average Bonchev–Trinajstić information content (AvgIpc) is 2.41. The molecule has 3 N–H and O–H groups in total. The molecule has 1 aliphatic rings. The van der Waals surface area contributed by atoms with Crippen molar-refractivity contribution in [3.63, 3.8) is 0 Å². The number of aliphatic hydroxyl groups is 1. The SMILES string of the molecule is CC(N)c1cccc(S(=O)(=O)N(CCCO)C2CCC2)c1. The third-order valence-electron chi connectivity index (χ3n) is 4.01. The number of hydrogen-bond donors (Lipinski definition) is 2. The van der Waals surface area contributed by atoms with Gasteiger partial charge in [0.15, 0.2) is 0 Å². The Hall–Kier alpha value is -0.950. The molecule has 1 aromatic rings. The number of aliphatic hydroxyl groups excluding tert-OH is 1. The summed E-state index contributed by atoms with van der Waals surface area (Å²) < 4.78 is 27.3. The largest absolute Gasteiger partial charge is 0.396 e. The van der Waals surface area contributed by atoms with Crippen LogP contribution in [0.25, 0.3) is 0 Å². The van der Waals surface area contributed by atoms with E-state index >= 15 is 0 Å². The quantitative estimate of drug-likeness (QED) is 0.801. The van der Waals surface area contributed by atoms with Crippen molar-refractivity contribution in [3.05, 3.63) is 29.8 Å². The molecule has 1 atom stereocenters. The molecule has 118 valence electrons. The standard InChI is InChI=1S/C15H24N2O3S/c1-12(16)13-5-2-8-15(11-13)21(19,20)17(9-4-10-18)14-6-3-7-14/h2,5,8,11-12,14,18H,3-4,6-7,9-10,16H2,1H3. The normalized spacial score (nSPS) is 17.7. The molecule has 2 rings (SSSR count). The molecule has 0 aromatic heterocycles. The zero-order chi connectivity index (χ0) is 15.5. The van der Waals surface area contributed by atoms with Gasteiger partial charge in [-0.3, -0.25) is 0 Å². The second kappa shape index (κ2) is 6.87. The number of benzene rings is 1. The van der Waals surface area contributed by atoms with Crippen molar-refractivity contribution in [2.24, 2.45) is 5.73 Å². The van der Waals surface area contributed by atoms with E-state index in [0.29, 0.717) is 17.9 Å². The van der Waals surface area contributed by atoms with Gasteiger partial charge in [0.1, 0.15) is 0 Å². The maximum absolute atomic E-state index is 12.9. The van der Waals surface area contributed by atoms with E-state index in [1.54, 1.807) is 22.5 Å². The highest BCUT2D eigenvalue weighted by Gasteiger charge is 2.34. The molecule has 0 spiro atoms. The Kier molecular flexibility index (Phi) is 5.37. The minimum absolute atomic E-state index is 0.00138. The fraction of sp³-hybridized carbons (Fsp3) is 0.600. The Morgan fingerprint density at radius 3 is 2.67 bits per heavy atom. The fourth-order valence-electron chi connectivity index (χ4n) is 2.49. The second-order valence-electron chi connectivity index (χ2n) is 5.64. The summed E-state index contributed by atoms with van der Waals surface area (Å²) >= 11 is 0. The first-order valence-electron chi connectivity index (χ1n) is 7.45. The molecule has 0 heterocycles. The van der Waals surface area contributed by atoms with E-state index in [-0.39, 0.29) is 18.7 Å². The molecule has 1 aromatic carbocycles. The monoisotopic (exact) mass is 312 g/mol. The van der Waals surface area contributed by atoms with Crippen molar-refractivity contribution in [1.82, 2.24) is 4.31 Å². The Bertz CT molecular complexity index is 568. The van der Waals surface area contributed by atoms with Gasteiger partial charge in [-0.15, -0.1) is 0 Å². The maximum Gasteiger partial charge on any atom is 0.243 e. The van der Waals surface area contributed by atoms with Crippen LogP contribution in [0.3, 0.4) is 0 Å². The zero-order valence-electron chi connectivity index (χ0n) is 12.4. The molecule has 0 aliphatic heterocycles. The first kappa shape index (κ1) is 16.4. The molecule has 0 radical (unpaired) electrons. The van der Waals surface area contributed by atoms with E-state index in [2.05, 4.69) is 0 Å². The molecule has 1 unspecified atom stereocenters. The van der Waals surface area contributed by atoms with E-state index in [0.717, 1.165) is 24.8 Å². The molecule has 0 bridgehead atoms. The predicted octanol–water partition coefficient (Wildman–Crippen LogP) is 1.63. The highest BCUT2D eigenvalue weighted by molar-refractivity contribution is 7.89. The topological polar surface area (TPSA) is 83.6 Å². The Morgan fingerprint density at radius 2 is 2.14 bits per heavy atom. The molecule has 21 heavy (non-hydrogen) atoms. The van der Waals surface area contributed by atoms with Crippen molar-refractivity contribution in [1.29, 1.82) is 0 Å². The minimum Gasteiger partial charge on any atom is -0.396 e. The Labute approximate surface area is 126 Å². The summed E-state index contributed by atoms with van der Waals surface area (Å²) in [5.74, 6) is 0. The molecule has 1 aliphatic carbocycles. The summed E-state index contributed by atoms with van der Waals surface area (Å²) in [4.78, 5) is 0.294. The summed E-state index contributed by atoms with van der Waals surface area (Å²) in [6, 6.07) is 6.72. The first-order chi connectivity index (χ1) is 9.96. The summed E-state index contributed by atoms with van der Waals surface area (Å²) in [6.45, 7) is 2.20. The van der Waals surface area contributed by atoms with Gasteiger partial charge in [-0.05, 0) is 43.9 Å². The minimum atomic E-state index is -3.52. The second-order valence-corrected chi connectivity index (χ2v) is 7.53. The van der Waals surface area contributed by atoms with Crippen molar-refractivity contribution < 1.29 is 13.5 Å². The van der Waals surface area contributed by atoms with Crippen LogP contribution in [0.1, 0.15) is 44.2 Å². The Balaban J connectivity index is 2.30. The molecule has 6 heteroatoms. The van der Waals surface area contributed by atoms with Gasteiger partial charge in [0.2, 0.25) is 10.0 Å². The lowest BCUT2D eigenvalue weighted by Gasteiger charge is -2.36. The molecule has 0 amide bonds. The third kappa shape index (κ3) is 3.63. The van der Waals surface area contributed by atoms with Gasteiger partial charge < -0.3 is 10.8 Å². The van der Waals surface area contributed by atoms with Crippen LogP contribution in [-0.2, 0) is 10.0 Å². The number of rotatable bonds is 7. The molecule has 5 nitrogen and oxygen atoms in total. The highest BCUT2D eigenvalue weighted by Crippen LogP contribution is 2.30. The summed E-state index contributed by atoms with van der Waals surface area (Å²) in [5.41, 5.74) is 6.65. The van der Waals surface area contributed by atoms with Gasteiger partial charge in [0.25, 0.3) is 0 Å². The van der Waals surface area contributed by atoms with Gasteiger partial charge in [0, 0.05) is 25.2 Å². The molecule has 1 fully saturated rings. The smallest absolute Gasteiger partial charge is 0.243 e. The van der Waals surface area contributed by atoms with E-state index in [4.69, 9.17) is 10.8 Å². The van der Waals surface area contributed by atoms with Crippen LogP contribution < -0.4 is 5.73 Å². The zero-order valence-corrected chi connectivity index (χ0v) is 13.2. The summed E-state index contributed by atoms with van der Waals surface area (Å²) in [7, 11) is -3.52. The molecular formula is C15H24N2O3S. The van der Waals surface area contributed by atoms with Gasteiger partial charge in [-0.2, -0.15) is 4.31 Å². The number of sulfonamides is 1. The van der Waals surface area contributed by atoms with Gasteiger partial charge >= 0.3 is 0 Å². The van der Waals surface area contributed by atoms with Crippen molar-refractivity contribution in [3.8, 4) is 0 Å². The number of nitrogens with two attached hydrogens (primary N) is 1. The maximum atomic E-state index is 12.9. The summed E-state index contributed by atoms with van der Waals surface area (Å²) in [6.07, 6.45) is 3.33. The number of hydrogen-bond acceptors (Lipinski definition) is 4. The van der Waals surface area contributed by atoms with Crippen LogP contribution in [0, 0.1) is 0 Å².